The highest BCUT2D eigenvalue weighted by Gasteiger charge is 2.31. The zero-order valence-electron chi connectivity index (χ0n) is 22.9. The van der Waals surface area contributed by atoms with Crippen molar-refractivity contribution in [3.63, 3.8) is 0 Å². The van der Waals surface area contributed by atoms with Crippen LogP contribution >= 0.6 is 0 Å². The van der Waals surface area contributed by atoms with Gasteiger partial charge in [0, 0.05) is 17.9 Å². The van der Waals surface area contributed by atoms with Crippen LogP contribution in [0.2, 0.25) is 0 Å². The Kier molecular flexibility index (Phi) is 9.27. The zero-order chi connectivity index (χ0) is 26.2. The summed E-state index contributed by atoms with van der Waals surface area (Å²) in [6.45, 7) is 8.15. The van der Waals surface area contributed by atoms with Gasteiger partial charge in [0.15, 0.2) is 0 Å². The predicted octanol–water partition coefficient (Wildman–Crippen LogP) is 8.07. The maximum atomic E-state index is 14.2. The molecule has 0 heterocycles. The van der Waals surface area contributed by atoms with Crippen LogP contribution in [0.1, 0.15) is 87.0 Å². The van der Waals surface area contributed by atoms with E-state index in [1.54, 1.807) is 7.11 Å². The lowest BCUT2D eigenvalue weighted by Crippen LogP contribution is -2.36. The molecule has 4 heteroatoms. The highest BCUT2D eigenvalue weighted by Crippen LogP contribution is 2.37. The first-order chi connectivity index (χ1) is 18.0. The molecule has 1 amide bonds. The van der Waals surface area contributed by atoms with E-state index in [2.05, 4.69) is 86.8 Å². The van der Waals surface area contributed by atoms with Gasteiger partial charge in [0.25, 0.3) is 0 Å². The lowest BCUT2D eigenvalue weighted by Gasteiger charge is -2.31. The van der Waals surface area contributed by atoms with Crippen LogP contribution in [0.25, 0.3) is 0 Å². The second kappa shape index (κ2) is 12.8. The molecule has 3 aromatic rings. The fourth-order valence-corrected chi connectivity index (χ4v) is 5.20. The van der Waals surface area contributed by atoms with Crippen LogP contribution in [-0.2, 0) is 17.8 Å². The highest BCUT2D eigenvalue weighted by molar-refractivity contribution is 5.98. The standard InChI is InChI=1S/C33H42N2O2/c1-5-6-7-21-34-28-16-11-25(12-17-28)23-35(29-18-13-26(14-19-29)24(2)3)33(36)31-10-8-9-27-15-20-30(37-4)22-32(27)31/h11-20,22,24,31,34H,5-10,21,23H2,1-4H3. The summed E-state index contributed by atoms with van der Waals surface area (Å²) in [5.41, 5.74) is 6.87. The van der Waals surface area contributed by atoms with Crippen LogP contribution in [-0.4, -0.2) is 19.6 Å². The highest BCUT2D eigenvalue weighted by atomic mass is 16.5. The second-order valence-corrected chi connectivity index (χ2v) is 10.5. The van der Waals surface area contributed by atoms with Gasteiger partial charge in [0.2, 0.25) is 5.91 Å². The number of amides is 1. The van der Waals surface area contributed by atoms with E-state index < -0.39 is 0 Å². The summed E-state index contributed by atoms with van der Waals surface area (Å²) in [5.74, 6) is 1.26. The first-order valence-corrected chi connectivity index (χ1v) is 13.9. The van der Waals surface area contributed by atoms with Crippen molar-refractivity contribution in [3.8, 4) is 5.75 Å². The van der Waals surface area contributed by atoms with Crippen LogP contribution in [0.5, 0.6) is 5.75 Å². The van der Waals surface area contributed by atoms with Crippen LogP contribution in [0.3, 0.4) is 0 Å². The minimum Gasteiger partial charge on any atom is -0.497 e. The lowest BCUT2D eigenvalue weighted by atomic mass is 9.81. The van der Waals surface area contributed by atoms with Gasteiger partial charge in [-0.25, -0.2) is 0 Å². The summed E-state index contributed by atoms with van der Waals surface area (Å²) in [5, 5.41) is 3.51. The summed E-state index contributed by atoms with van der Waals surface area (Å²) in [6, 6.07) is 23.3. The number of nitrogens with zero attached hydrogens (tertiary/aromatic N) is 1. The summed E-state index contributed by atoms with van der Waals surface area (Å²) in [7, 11) is 1.69. The van der Waals surface area contributed by atoms with E-state index in [0.29, 0.717) is 12.5 Å². The van der Waals surface area contributed by atoms with Gasteiger partial charge in [-0.15, -0.1) is 0 Å². The van der Waals surface area contributed by atoms with Crippen molar-refractivity contribution >= 4 is 17.3 Å². The number of unbranched alkanes of at least 4 members (excludes halogenated alkanes) is 2. The third-order valence-electron chi connectivity index (χ3n) is 7.51. The molecule has 0 aliphatic heterocycles. The van der Waals surface area contributed by atoms with Gasteiger partial charge in [-0.1, -0.05) is 63.9 Å². The Bertz CT molecular complexity index is 1150. The van der Waals surface area contributed by atoms with E-state index >= 15 is 0 Å². The van der Waals surface area contributed by atoms with Crippen molar-refractivity contribution < 1.29 is 9.53 Å². The molecule has 0 spiro atoms. The first-order valence-electron chi connectivity index (χ1n) is 13.9. The number of rotatable bonds is 11. The lowest BCUT2D eigenvalue weighted by molar-refractivity contribution is -0.120. The number of fused-ring (bicyclic) bond motifs is 1. The molecule has 1 atom stereocenters. The van der Waals surface area contributed by atoms with E-state index in [0.717, 1.165) is 54.1 Å². The van der Waals surface area contributed by atoms with E-state index in [4.69, 9.17) is 4.74 Å². The average Bonchev–Trinajstić information content (AvgIpc) is 2.94. The normalized spacial score (nSPS) is 14.8. The molecule has 0 radical (unpaired) electrons. The average molecular weight is 499 g/mol. The molecule has 0 aromatic heterocycles. The maximum absolute atomic E-state index is 14.2. The Labute approximate surface area is 223 Å². The number of benzene rings is 3. The number of hydrogen-bond donors (Lipinski definition) is 1. The Morgan fingerprint density at radius 3 is 2.46 bits per heavy atom. The van der Waals surface area contributed by atoms with Crippen LogP contribution < -0.4 is 15.0 Å². The molecule has 4 nitrogen and oxygen atoms in total. The third-order valence-corrected chi connectivity index (χ3v) is 7.51. The quantitative estimate of drug-likeness (QED) is 0.272. The van der Waals surface area contributed by atoms with E-state index in [9.17, 15) is 4.79 Å². The number of hydrogen-bond acceptors (Lipinski definition) is 3. The molecular formula is C33H42N2O2. The molecule has 1 unspecified atom stereocenters. The minimum absolute atomic E-state index is 0.160. The van der Waals surface area contributed by atoms with Gasteiger partial charge >= 0.3 is 0 Å². The van der Waals surface area contributed by atoms with Crippen molar-refractivity contribution in [3.05, 3.63) is 89.0 Å². The van der Waals surface area contributed by atoms with Gasteiger partial charge < -0.3 is 15.0 Å². The molecule has 3 aromatic carbocycles. The molecule has 0 saturated carbocycles. The first kappa shape index (κ1) is 26.8. The monoisotopic (exact) mass is 498 g/mol. The summed E-state index contributed by atoms with van der Waals surface area (Å²) in [6.07, 6.45) is 6.54. The smallest absolute Gasteiger partial charge is 0.234 e. The molecule has 196 valence electrons. The van der Waals surface area contributed by atoms with E-state index in [-0.39, 0.29) is 11.8 Å². The van der Waals surface area contributed by atoms with Crippen molar-refractivity contribution in [2.75, 3.05) is 23.9 Å². The summed E-state index contributed by atoms with van der Waals surface area (Å²) in [4.78, 5) is 16.2. The third kappa shape index (κ3) is 6.74. The van der Waals surface area contributed by atoms with E-state index in [1.807, 2.05) is 11.0 Å². The largest absolute Gasteiger partial charge is 0.497 e. The fraction of sp³-hybridized carbons (Fsp3) is 0.424. The molecule has 0 saturated heterocycles. The molecule has 4 rings (SSSR count). The van der Waals surface area contributed by atoms with Gasteiger partial charge in [-0.2, -0.15) is 0 Å². The molecule has 1 aliphatic carbocycles. The number of carbonyl (C=O) groups excluding carboxylic acids is 1. The van der Waals surface area contributed by atoms with Crippen molar-refractivity contribution in [2.24, 2.45) is 0 Å². The molecule has 1 aliphatic rings. The van der Waals surface area contributed by atoms with Crippen LogP contribution in [0, 0.1) is 0 Å². The zero-order valence-corrected chi connectivity index (χ0v) is 22.9. The minimum atomic E-state index is -0.164. The number of nitrogens with one attached hydrogen (secondary N) is 1. The maximum Gasteiger partial charge on any atom is 0.234 e. The Balaban J connectivity index is 1.60. The number of carbonyl (C=O) groups is 1. The molecule has 0 fully saturated rings. The van der Waals surface area contributed by atoms with Gasteiger partial charge in [0.05, 0.1) is 19.6 Å². The number of methoxy groups -OCH3 is 1. The summed E-state index contributed by atoms with van der Waals surface area (Å²) < 4.78 is 5.51. The molecule has 1 N–H and O–H groups in total. The Morgan fingerprint density at radius 2 is 1.78 bits per heavy atom. The number of ether oxygens (including phenoxy) is 1. The van der Waals surface area contributed by atoms with Gasteiger partial charge in [-0.05, 0) is 90.3 Å². The Morgan fingerprint density at radius 1 is 1.03 bits per heavy atom. The number of aryl methyl sites for hydroxylation is 1. The molecule has 37 heavy (non-hydrogen) atoms. The van der Waals surface area contributed by atoms with E-state index in [1.165, 1.54) is 30.4 Å². The van der Waals surface area contributed by atoms with Crippen molar-refractivity contribution in [2.45, 2.75) is 77.7 Å². The summed E-state index contributed by atoms with van der Waals surface area (Å²) >= 11 is 0. The molecule has 0 bridgehead atoms. The van der Waals surface area contributed by atoms with Crippen LogP contribution in [0.4, 0.5) is 11.4 Å². The number of anilines is 2. The topological polar surface area (TPSA) is 41.6 Å². The second-order valence-electron chi connectivity index (χ2n) is 10.5. The SMILES string of the molecule is CCCCCNc1ccc(CN(C(=O)C2CCCc3ccc(OC)cc32)c2ccc(C(C)C)cc2)cc1. The molecular weight excluding hydrogens is 456 g/mol. The van der Waals surface area contributed by atoms with Gasteiger partial charge in [-0.3, -0.25) is 4.79 Å². The Hall–Kier alpha value is -3.27. The van der Waals surface area contributed by atoms with Gasteiger partial charge in [0.1, 0.15) is 5.75 Å². The van der Waals surface area contributed by atoms with Crippen LogP contribution in [0.15, 0.2) is 66.7 Å². The van der Waals surface area contributed by atoms with Crippen molar-refractivity contribution in [1.82, 2.24) is 0 Å². The van der Waals surface area contributed by atoms with Crippen molar-refractivity contribution in [1.29, 1.82) is 0 Å². The predicted molar refractivity (Wildman–Crippen MR) is 155 cm³/mol. The fourth-order valence-electron chi connectivity index (χ4n) is 5.20.